The summed E-state index contributed by atoms with van der Waals surface area (Å²) >= 11 is 0. The van der Waals surface area contributed by atoms with Crippen LogP contribution in [0.15, 0.2) is 109 Å². The predicted molar refractivity (Wildman–Crippen MR) is 158 cm³/mol. The van der Waals surface area contributed by atoms with E-state index in [1.807, 2.05) is 91.0 Å². The van der Waals surface area contributed by atoms with E-state index in [1.165, 1.54) is 0 Å². The van der Waals surface area contributed by atoms with Gasteiger partial charge in [0.05, 0.1) is 24.3 Å². The average molecular weight is 548 g/mol. The van der Waals surface area contributed by atoms with Crippen molar-refractivity contribution >= 4 is 23.7 Å². The second-order valence-electron chi connectivity index (χ2n) is 9.40. The third kappa shape index (κ3) is 6.91. The number of nitrogens with zero attached hydrogens (tertiary/aromatic N) is 4. The van der Waals surface area contributed by atoms with E-state index in [0.29, 0.717) is 17.5 Å². The molecule has 2 unspecified atom stereocenters. The van der Waals surface area contributed by atoms with E-state index in [2.05, 4.69) is 10.3 Å². The lowest BCUT2D eigenvalue weighted by Crippen LogP contribution is -2.19. The summed E-state index contributed by atoms with van der Waals surface area (Å²) in [6.07, 6.45) is 2.17. The van der Waals surface area contributed by atoms with Gasteiger partial charge in [-0.2, -0.15) is 10.1 Å². The van der Waals surface area contributed by atoms with Crippen LogP contribution >= 0.6 is 0 Å². The van der Waals surface area contributed by atoms with Gasteiger partial charge in [0, 0.05) is 41.1 Å². The van der Waals surface area contributed by atoms with Crippen molar-refractivity contribution in [3.8, 4) is 28.3 Å². The highest BCUT2D eigenvalue weighted by molar-refractivity contribution is 5.84. The quantitative estimate of drug-likeness (QED) is 0.174. The molecule has 2 atom stereocenters. The van der Waals surface area contributed by atoms with Crippen molar-refractivity contribution in [2.45, 2.75) is 25.0 Å². The number of aromatic nitrogens is 4. The Morgan fingerprint density at radius 2 is 1.51 bits per heavy atom. The molecule has 41 heavy (non-hydrogen) atoms. The third-order valence-electron chi connectivity index (χ3n) is 6.31. The maximum Gasteiger partial charge on any atom is 0.305 e. The molecule has 0 spiro atoms. The Hall–Kier alpha value is -5.12. The molecular weight excluding hydrogens is 518 g/mol. The van der Waals surface area contributed by atoms with Crippen LogP contribution in [0.5, 0.6) is 0 Å². The molecule has 9 nitrogen and oxygen atoms in total. The van der Waals surface area contributed by atoms with Gasteiger partial charge in [0.15, 0.2) is 5.82 Å². The first kappa shape index (κ1) is 27.4. The number of benzene rings is 3. The maximum absolute atomic E-state index is 11.0. The van der Waals surface area contributed by atoms with Crippen molar-refractivity contribution < 1.29 is 20.1 Å². The number of hydrogen-bond donors (Lipinski definition) is 4. The van der Waals surface area contributed by atoms with Crippen molar-refractivity contribution in [1.29, 1.82) is 0 Å². The Bertz CT molecular complexity index is 1620. The van der Waals surface area contributed by atoms with Crippen LogP contribution in [-0.4, -0.2) is 53.2 Å². The SMILES string of the molecule is O=C(O)CC(O)CC(O)/C=C/c1c(-c2ccccc2)nn(-c2ccnc(Nc3ccccc3)n2)c1-c1ccccc1. The smallest absolute Gasteiger partial charge is 0.305 e. The number of aliphatic carboxylic acids is 1. The number of para-hydroxylation sites is 1. The van der Waals surface area contributed by atoms with E-state index in [-0.39, 0.29) is 6.42 Å². The van der Waals surface area contributed by atoms with Crippen LogP contribution in [0, 0.1) is 0 Å². The minimum absolute atomic E-state index is 0.112. The number of carbonyl (C=O) groups is 1. The van der Waals surface area contributed by atoms with Gasteiger partial charge in [0.25, 0.3) is 0 Å². The monoisotopic (exact) mass is 547 g/mol. The number of carboxylic acid groups (broad SMARTS) is 1. The second-order valence-corrected chi connectivity index (χ2v) is 9.40. The lowest BCUT2D eigenvalue weighted by atomic mass is 10.00. The first-order chi connectivity index (χ1) is 20.0. The van der Waals surface area contributed by atoms with Crippen molar-refractivity contribution in [3.63, 3.8) is 0 Å². The predicted octanol–water partition coefficient (Wildman–Crippen LogP) is 5.34. The van der Waals surface area contributed by atoms with Crippen LogP contribution < -0.4 is 5.32 Å². The molecule has 5 rings (SSSR count). The highest BCUT2D eigenvalue weighted by Gasteiger charge is 2.22. The van der Waals surface area contributed by atoms with Gasteiger partial charge in [-0.1, -0.05) is 91.0 Å². The van der Waals surface area contributed by atoms with E-state index in [0.717, 1.165) is 28.1 Å². The van der Waals surface area contributed by atoms with Crippen LogP contribution in [0.3, 0.4) is 0 Å². The summed E-state index contributed by atoms with van der Waals surface area (Å²) in [5, 5.41) is 37.8. The molecule has 0 bridgehead atoms. The van der Waals surface area contributed by atoms with Crippen LogP contribution in [0.2, 0.25) is 0 Å². The fourth-order valence-corrected chi connectivity index (χ4v) is 4.46. The fourth-order valence-electron chi connectivity index (χ4n) is 4.46. The van der Waals surface area contributed by atoms with Gasteiger partial charge in [-0.15, -0.1) is 0 Å². The number of carboxylic acids is 1. The summed E-state index contributed by atoms with van der Waals surface area (Å²) in [4.78, 5) is 20.1. The molecule has 0 radical (unpaired) electrons. The van der Waals surface area contributed by atoms with Crippen molar-refractivity contribution in [3.05, 3.63) is 115 Å². The Kier molecular flexibility index (Phi) is 8.58. The lowest BCUT2D eigenvalue weighted by Gasteiger charge is -2.12. The Labute approximate surface area is 237 Å². The highest BCUT2D eigenvalue weighted by atomic mass is 16.4. The minimum atomic E-state index is -1.17. The first-order valence-electron chi connectivity index (χ1n) is 13.1. The molecule has 5 aromatic rings. The minimum Gasteiger partial charge on any atom is -0.481 e. The molecule has 2 aromatic heterocycles. The molecule has 2 heterocycles. The fraction of sp³-hybridized carbons (Fsp3) is 0.125. The van der Waals surface area contributed by atoms with Crippen molar-refractivity contribution in [2.75, 3.05) is 5.32 Å². The summed E-state index contributed by atoms with van der Waals surface area (Å²) < 4.78 is 1.75. The molecule has 0 amide bonds. The van der Waals surface area contributed by atoms with Gasteiger partial charge in [-0.25, -0.2) is 9.67 Å². The summed E-state index contributed by atoms with van der Waals surface area (Å²) in [7, 11) is 0. The normalized spacial score (nSPS) is 12.7. The number of nitrogens with one attached hydrogen (secondary N) is 1. The van der Waals surface area contributed by atoms with Crippen LogP contribution in [0.1, 0.15) is 18.4 Å². The molecular formula is C32H29N5O4. The van der Waals surface area contributed by atoms with Crippen LogP contribution in [0.4, 0.5) is 11.6 Å². The summed E-state index contributed by atoms with van der Waals surface area (Å²) in [6, 6.07) is 30.8. The van der Waals surface area contributed by atoms with Crippen molar-refractivity contribution in [1.82, 2.24) is 19.7 Å². The molecule has 0 aliphatic heterocycles. The highest BCUT2D eigenvalue weighted by Crippen LogP contribution is 2.35. The molecule has 4 N–H and O–H groups in total. The van der Waals surface area contributed by atoms with E-state index in [1.54, 1.807) is 29.1 Å². The lowest BCUT2D eigenvalue weighted by molar-refractivity contribution is -0.139. The number of aliphatic hydroxyl groups excluding tert-OH is 2. The number of hydrogen-bond acceptors (Lipinski definition) is 7. The third-order valence-corrected chi connectivity index (χ3v) is 6.31. The van der Waals surface area contributed by atoms with E-state index >= 15 is 0 Å². The summed E-state index contributed by atoms with van der Waals surface area (Å²) in [6.45, 7) is 0. The molecule has 3 aromatic carbocycles. The second kappa shape index (κ2) is 12.8. The largest absolute Gasteiger partial charge is 0.481 e. The Balaban J connectivity index is 1.62. The van der Waals surface area contributed by atoms with E-state index in [4.69, 9.17) is 15.2 Å². The molecule has 0 aliphatic carbocycles. The van der Waals surface area contributed by atoms with Gasteiger partial charge in [-0.3, -0.25) is 4.79 Å². The van der Waals surface area contributed by atoms with Gasteiger partial charge in [0.1, 0.15) is 5.69 Å². The maximum atomic E-state index is 11.0. The zero-order valence-corrected chi connectivity index (χ0v) is 22.1. The van der Waals surface area contributed by atoms with Gasteiger partial charge in [-0.05, 0) is 12.1 Å². The Morgan fingerprint density at radius 3 is 2.17 bits per heavy atom. The zero-order valence-electron chi connectivity index (χ0n) is 22.1. The van der Waals surface area contributed by atoms with Crippen LogP contribution in [0.25, 0.3) is 34.4 Å². The zero-order chi connectivity index (χ0) is 28.6. The van der Waals surface area contributed by atoms with Gasteiger partial charge < -0.3 is 20.6 Å². The summed E-state index contributed by atoms with van der Waals surface area (Å²) in [5.74, 6) is -0.186. The average Bonchev–Trinajstić information content (AvgIpc) is 3.37. The topological polar surface area (TPSA) is 133 Å². The molecule has 0 saturated heterocycles. The number of rotatable bonds is 11. The van der Waals surface area contributed by atoms with Gasteiger partial charge >= 0.3 is 5.97 Å². The van der Waals surface area contributed by atoms with E-state index < -0.39 is 24.6 Å². The molecule has 0 aliphatic rings. The molecule has 0 saturated carbocycles. The van der Waals surface area contributed by atoms with E-state index in [9.17, 15) is 15.0 Å². The molecule has 0 fully saturated rings. The standard InChI is InChI=1S/C32H29N5O4/c38-25(20-26(39)21-29(40)41)16-17-27-30(22-10-4-1-5-11-22)36-37(31(27)23-12-6-2-7-13-23)28-18-19-33-32(35-28)34-24-14-8-3-9-15-24/h1-19,25-26,38-39H,20-21H2,(H,40,41)(H,33,34,35)/b17-16+. The Morgan fingerprint density at radius 1 is 0.878 bits per heavy atom. The molecule has 206 valence electrons. The summed E-state index contributed by atoms with van der Waals surface area (Å²) in [5.41, 5.74) is 4.71. The molecule has 9 heteroatoms. The number of aliphatic hydroxyl groups is 2. The first-order valence-corrected chi connectivity index (χ1v) is 13.1. The van der Waals surface area contributed by atoms with Crippen LogP contribution in [-0.2, 0) is 4.79 Å². The van der Waals surface area contributed by atoms with Crippen molar-refractivity contribution in [2.24, 2.45) is 0 Å². The number of anilines is 2. The van der Waals surface area contributed by atoms with Gasteiger partial charge in [0.2, 0.25) is 5.95 Å².